The first-order valence-electron chi connectivity index (χ1n) is 3.95. The van der Waals surface area contributed by atoms with Crippen LogP contribution in [0.15, 0.2) is 10.9 Å². The Morgan fingerprint density at radius 1 is 1.45 bits per heavy atom. The van der Waals surface area contributed by atoms with Crippen LogP contribution < -0.4 is 0 Å². The Balaban J connectivity index is 2.35. The summed E-state index contributed by atoms with van der Waals surface area (Å²) in [5.41, 5.74) is 3.58. The van der Waals surface area contributed by atoms with Gasteiger partial charge < -0.3 is 0 Å². The molecule has 0 spiro atoms. The van der Waals surface area contributed by atoms with Crippen molar-refractivity contribution in [2.75, 3.05) is 0 Å². The van der Waals surface area contributed by atoms with Crippen LogP contribution in [0.2, 0.25) is 0 Å². The van der Waals surface area contributed by atoms with E-state index in [0.29, 0.717) is 5.41 Å². The van der Waals surface area contributed by atoms with E-state index in [9.17, 15) is 0 Å². The van der Waals surface area contributed by atoms with Crippen LogP contribution in [-0.2, 0) is 6.42 Å². The Bertz CT molecular complexity index is 196. The Kier molecular flexibility index (Phi) is 2.66. The molecule has 1 nitrogen and oxygen atoms in total. The topological polar surface area (TPSA) is 12.9 Å². The van der Waals surface area contributed by atoms with E-state index in [1.807, 2.05) is 5.51 Å². The van der Waals surface area contributed by atoms with E-state index in [-0.39, 0.29) is 0 Å². The highest BCUT2D eigenvalue weighted by molar-refractivity contribution is 7.07. The van der Waals surface area contributed by atoms with Gasteiger partial charge in [0.15, 0.2) is 0 Å². The standard InChI is InChI=1S/C9H15NS/c1-9(2,3)5-4-8-6-11-7-10-8/h6-7H,4-5H2,1-3H3. The van der Waals surface area contributed by atoms with Gasteiger partial charge in [0, 0.05) is 5.38 Å². The smallest absolute Gasteiger partial charge is 0.0794 e. The van der Waals surface area contributed by atoms with Crippen LogP contribution in [0, 0.1) is 5.41 Å². The molecule has 0 N–H and O–H groups in total. The average molecular weight is 169 g/mol. The Morgan fingerprint density at radius 3 is 2.64 bits per heavy atom. The Labute approximate surface area is 72.5 Å². The number of hydrogen-bond donors (Lipinski definition) is 0. The fourth-order valence-corrected chi connectivity index (χ4v) is 1.46. The van der Waals surface area contributed by atoms with Gasteiger partial charge in [-0.25, -0.2) is 4.98 Å². The van der Waals surface area contributed by atoms with Gasteiger partial charge in [-0.1, -0.05) is 20.8 Å². The molecule has 62 valence electrons. The first kappa shape index (κ1) is 8.72. The second kappa shape index (κ2) is 3.35. The summed E-state index contributed by atoms with van der Waals surface area (Å²) >= 11 is 1.68. The highest BCUT2D eigenvalue weighted by Gasteiger charge is 2.10. The van der Waals surface area contributed by atoms with Gasteiger partial charge in [0.1, 0.15) is 0 Å². The maximum Gasteiger partial charge on any atom is 0.0794 e. The van der Waals surface area contributed by atoms with Crippen molar-refractivity contribution in [2.24, 2.45) is 5.41 Å². The molecule has 1 rings (SSSR count). The number of hydrogen-bond acceptors (Lipinski definition) is 2. The summed E-state index contributed by atoms with van der Waals surface area (Å²) in [7, 11) is 0. The second-order valence-corrected chi connectivity index (χ2v) is 4.76. The molecule has 0 unspecified atom stereocenters. The van der Waals surface area contributed by atoms with Crippen LogP contribution >= 0.6 is 11.3 Å². The summed E-state index contributed by atoms with van der Waals surface area (Å²) in [6, 6.07) is 0. The third kappa shape index (κ3) is 3.51. The lowest BCUT2D eigenvalue weighted by atomic mass is 9.90. The minimum absolute atomic E-state index is 0.434. The predicted octanol–water partition coefficient (Wildman–Crippen LogP) is 3.12. The number of rotatable bonds is 2. The van der Waals surface area contributed by atoms with Gasteiger partial charge in [0.25, 0.3) is 0 Å². The minimum atomic E-state index is 0.434. The lowest BCUT2D eigenvalue weighted by molar-refractivity contribution is 0.377. The highest BCUT2D eigenvalue weighted by atomic mass is 32.1. The molecular weight excluding hydrogens is 154 g/mol. The van der Waals surface area contributed by atoms with Crippen molar-refractivity contribution in [3.05, 3.63) is 16.6 Å². The third-order valence-electron chi connectivity index (χ3n) is 1.61. The molecule has 0 bridgehead atoms. The van der Waals surface area contributed by atoms with Crippen molar-refractivity contribution in [2.45, 2.75) is 33.6 Å². The molecule has 0 atom stereocenters. The minimum Gasteiger partial charge on any atom is -0.250 e. The molecule has 0 amide bonds. The third-order valence-corrected chi connectivity index (χ3v) is 2.25. The largest absolute Gasteiger partial charge is 0.250 e. The zero-order valence-electron chi connectivity index (χ0n) is 7.42. The molecule has 11 heavy (non-hydrogen) atoms. The molecule has 0 aliphatic rings. The van der Waals surface area contributed by atoms with Crippen molar-refractivity contribution in [1.82, 2.24) is 4.98 Å². The molecule has 1 aromatic rings. The molecule has 0 aliphatic heterocycles. The number of thiazole rings is 1. The molecule has 0 saturated heterocycles. The number of nitrogens with zero attached hydrogens (tertiary/aromatic N) is 1. The van der Waals surface area contributed by atoms with Crippen LogP contribution in [0.5, 0.6) is 0 Å². The van der Waals surface area contributed by atoms with E-state index in [0.717, 1.165) is 6.42 Å². The Hall–Kier alpha value is -0.370. The van der Waals surface area contributed by atoms with Crippen molar-refractivity contribution in [3.8, 4) is 0 Å². The second-order valence-electron chi connectivity index (χ2n) is 4.04. The van der Waals surface area contributed by atoms with Crippen molar-refractivity contribution >= 4 is 11.3 Å². The van der Waals surface area contributed by atoms with Gasteiger partial charge >= 0.3 is 0 Å². The van der Waals surface area contributed by atoms with Gasteiger partial charge in [-0.15, -0.1) is 11.3 Å². The quantitative estimate of drug-likeness (QED) is 0.663. The maximum absolute atomic E-state index is 4.24. The zero-order chi connectivity index (χ0) is 8.32. The van der Waals surface area contributed by atoms with Gasteiger partial charge in [0.05, 0.1) is 11.2 Å². The fourth-order valence-electron chi connectivity index (χ4n) is 0.864. The summed E-state index contributed by atoms with van der Waals surface area (Å²) in [5, 5.41) is 2.13. The summed E-state index contributed by atoms with van der Waals surface area (Å²) in [4.78, 5) is 4.24. The van der Waals surface area contributed by atoms with Crippen molar-refractivity contribution in [1.29, 1.82) is 0 Å². The molecule has 0 aromatic carbocycles. The van der Waals surface area contributed by atoms with Gasteiger partial charge in [-0.05, 0) is 18.3 Å². The average Bonchev–Trinajstić information content (AvgIpc) is 2.32. The first-order valence-corrected chi connectivity index (χ1v) is 4.89. The maximum atomic E-state index is 4.24. The lowest BCUT2D eigenvalue weighted by Gasteiger charge is -2.16. The van der Waals surface area contributed by atoms with Crippen LogP contribution in [0.3, 0.4) is 0 Å². The summed E-state index contributed by atoms with van der Waals surface area (Å²) in [6.07, 6.45) is 2.34. The zero-order valence-corrected chi connectivity index (χ0v) is 8.24. The molecular formula is C9H15NS. The molecule has 1 heterocycles. The lowest BCUT2D eigenvalue weighted by Crippen LogP contribution is -2.06. The monoisotopic (exact) mass is 169 g/mol. The summed E-state index contributed by atoms with van der Waals surface area (Å²) in [5.74, 6) is 0. The van der Waals surface area contributed by atoms with Crippen LogP contribution in [-0.4, -0.2) is 4.98 Å². The van der Waals surface area contributed by atoms with E-state index in [1.165, 1.54) is 12.1 Å². The summed E-state index contributed by atoms with van der Waals surface area (Å²) < 4.78 is 0. The van der Waals surface area contributed by atoms with Crippen LogP contribution in [0.1, 0.15) is 32.9 Å². The first-order chi connectivity index (χ1) is 5.08. The van der Waals surface area contributed by atoms with E-state index in [4.69, 9.17) is 0 Å². The molecule has 0 fully saturated rings. The van der Waals surface area contributed by atoms with Gasteiger partial charge in [0.2, 0.25) is 0 Å². The van der Waals surface area contributed by atoms with E-state index in [1.54, 1.807) is 11.3 Å². The molecule has 0 radical (unpaired) electrons. The van der Waals surface area contributed by atoms with Crippen molar-refractivity contribution in [3.63, 3.8) is 0 Å². The van der Waals surface area contributed by atoms with Crippen LogP contribution in [0.4, 0.5) is 0 Å². The summed E-state index contributed by atoms with van der Waals surface area (Å²) in [6.45, 7) is 6.79. The fraction of sp³-hybridized carbons (Fsp3) is 0.667. The van der Waals surface area contributed by atoms with E-state index in [2.05, 4.69) is 31.1 Å². The molecule has 2 heteroatoms. The normalized spacial score (nSPS) is 11.9. The SMILES string of the molecule is CC(C)(C)CCc1cscn1. The molecule has 0 aliphatic carbocycles. The Morgan fingerprint density at radius 2 is 2.18 bits per heavy atom. The van der Waals surface area contributed by atoms with E-state index >= 15 is 0 Å². The van der Waals surface area contributed by atoms with Gasteiger partial charge in [-0.2, -0.15) is 0 Å². The molecule has 0 saturated carbocycles. The van der Waals surface area contributed by atoms with Crippen LogP contribution in [0.25, 0.3) is 0 Å². The number of aromatic nitrogens is 1. The van der Waals surface area contributed by atoms with E-state index < -0.39 is 0 Å². The van der Waals surface area contributed by atoms with Gasteiger partial charge in [-0.3, -0.25) is 0 Å². The highest BCUT2D eigenvalue weighted by Crippen LogP contribution is 2.21. The number of aryl methyl sites for hydroxylation is 1. The van der Waals surface area contributed by atoms with Crippen molar-refractivity contribution < 1.29 is 0 Å². The molecule has 1 aromatic heterocycles. The predicted molar refractivity (Wildman–Crippen MR) is 49.9 cm³/mol.